The Balaban J connectivity index is 1.98. The van der Waals surface area contributed by atoms with Crippen molar-refractivity contribution in [2.24, 2.45) is 5.92 Å². The molecule has 0 atom stereocenters. The molecule has 1 aliphatic carbocycles. The predicted octanol–water partition coefficient (Wildman–Crippen LogP) is 5.32. The van der Waals surface area contributed by atoms with Crippen LogP contribution in [-0.2, 0) is 0 Å². The Bertz CT molecular complexity index is 298. The molecule has 1 aliphatic rings. The standard InChI is InChI=1S/C18H28/c1-2-3-4-5-6-7-8-9-10-12-15-18-16-13-11-14-17-18/h18H,2-8,11,13-14,16-17H2,1H3. The van der Waals surface area contributed by atoms with Gasteiger partial charge in [-0.3, -0.25) is 0 Å². The lowest BCUT2D eigenvalue weighted by molar-refractivity contribution is 0.430. The van der Waals surface area contributed by atoms with Crippen LogP contribution in [-0.4, -0.2) is 0 Å². The van der Waals surface area contributed by atoms with E-state index in [-0.39, 0.29) is 0 Å². The molecular weight excluding hydrogens is 216 g/mol. The average Bonchev–Trinajstić information content (AvgIpc) is 2.42. The Morgan fingerprint density at radius 3 is 2.33 bits per heavy atom. The highest BCUT2D eigenvalue weighted by atomic mass is 14.1. The van der Waals surface area contributed by atoms with Crippen LogP contribution >= 0.6 is 0 Å². The van der Waals surface area contributed by atoms with E-state index in [0.717, 1.165) is 6.42 Å². The molecule has 0 bridgehead atoms. The summed E-state index contributed by atoms with van der Waals surface area (Å²) in [6.07, 6.45) is 15.8. The first kappa shape index (κ1) is 15.2. The molecule has 0 unspecified atom stereocenters. The maximum absolute atomic E-state index is 3.32. The van der Waals surface area contributed by atoms with Crippen LogP contribution < -0.4 is 0 Å². The Hall–Kier alpha value is -0.880. The van der Waals surface area contributed by atoms with Crippen LogP contribution in [0.1, 0.15) is 84.0 Å². The van der Waals surface area contributed by atoms with Gasteiger partial charge in [0.15, 0.2) is 0 Å². The Kier molecular flexibility index (Phi) is 9.46. The van der Waals surface area contributed by atoms with E-state index in [0.29, 0.717) is 5.92 Å². The summed E-state index contributed by atoms with van der Waals surface area (Å²) in [5, 5.41) is 0. The van der Waals surface area contributed by atoms with Crippen molar-refractivity contribution in [3.63, 3.8) is 0 Å². The van der Waals surface area contributed by atoms with Crippen molar-refractivity contribution in [3.05, 3.63) is 0 Å². The average molecular weight is 244 g/mol. The first-order valence-electron chi connectivity index (χ1n) is 7.92. The minimum atomic E-state index is 0.641. The van der Waals surface area contributed by atoms with Gasteiger partial charge < -0.3 is 0 Å². The summed E-state index contributed by atoms with van der Waals surface area (Å²) in [4.78, 5) is 0. The minimum absolute atomic E-state index is 0.641. The molecule has 0 aromatic carbocycles. The third-order valence-corrected chi connectivity index (χ3v) is 3.69. The molecule has 0 aliphatic heterocycles. The van der Waals surface area contributed by atoms with Crippen LogP contribution in [0.2, 0.25) is 0 Å². The molecule has 0 saturated heterocycles. The van der Waals surface area contributed by atoms with Crippen LogP contribution in [0.15, 0.2) is 0 Å². The molecule has 0 radical (unpaired) electrons. The smallest absolute Gasteiger partial charge is 0.0213 e. The van der Waals surface area contributed by atoms with Crippen LogP contribution in [0, 0.1) is 29.6 Å². The molecule has 1 fully saturated rings. The van der Waals surface area contributed by atoms with Crippen molar-refractivity contribution in [2.45, 2.75) is 84.0 Å². The normalized spacial score (nSPS) is 15.4. The molecule has 0 spiro atoms. The number of rotatable bonds is 6. The second-order valence-electron chi connectivity index (χ2n) is 5.42. The summed E-state index contributed by atoms with van der Waals surface area (Å²) < 4.78 is 0. The molecule has 0 N–H and O–H groups in total. The van der Waals surface area contributed by atoms with Gasteiger partial charge in [0, 0.05) is 12.3 Å². The molecule has 1 rings (SSSR count). The van der Waals surface area contributed by atoms with E-state index in [1.54, 1.807) is 0 Å². The Morgan fingerprint density at radius 2 is 1.56 bits per heavy atom. The Labute approximate surface area is 114 Å². The fourth-order valence-corrected chi connectivity index (χ4v) is 2.49. The van der Waals surface area contributed by atoms with E-state index in [1.165, 1.54) is 70.6 Å². The van der Waals surface area contributed by atoms with Gasteiger partial charge in [0.1, 0.15) is 0 Å². The monoisotopic (exact) mass is 244 g/mol. The predicted molar refractivity (Wildman–Crippen MR) is 80.1 cm³/mol. The topological polar surface area (TPSA) is 0 Å². The minimum Gasteiger partial charge on any atom is -0.0891 e. The second kappa shape index (κ2) is 11.2. The molecule has 0 aromatic rings. The first-order chi connectivity index (χ1) is 8.93. The molecule has 0 nitrogen and oxygen atoms in total. The molecule has 0 heteroatoms. The van der Waals surface area contributed by atoms with E-state index in [2.05, 4.69) is 30.6 Å². The van der Waals surface area contributed by atoms with Gasteiger partial charge in [-0.1, -0.05) is 70.1 Å². The fourth-order valence-electron chi connectivity index (χ4n) is 2.49. The summed E-state index contributed by atoms with van der Waals surface area (Å²) in [5.41, 5.74) is 0. The van der Waals surface area contributed by atoms with Gasteiger partial charge >= 0.3 is 0 Å². The highest BCUT2D eigenvalue weighted by Crippen LogP contribution is 2.22. The SMILES string of the molecule is CCCCCCCCC#CC#CC1CCCCC1. The van der Waals surface area contributed by atoms with Gasteiger partial charge in [0.05, 0.1) is 0 Å². The van der Waals surface area contributed by atoms with Crippen molar-refractivity contribution in [1.82, 2.24) is 0 Å². The van der Waals surface area contributed by atoms with Gasteiger partial charge in [-0.2, -0.15) is 0 Å². The lowest BCUT2D eigenvalue weighted by atomic mass is 9.90. The van der Waals surface area contributed by atoms with Crippen molar-refractivity contribution in [1.29, 1.82) is 0 Å². The lowest BCUT2D eigenvalue weighted by Gasteiger charge is -2.15. The highest BCUT2D eigenvalue weighted by molar-refractivity contribution is 5.26. The number of hydrogen-bond acceptors (Lipinski definition) is 0. The van der Waals surface area contributed by atoms with Crippen molar-refractivity contribution in [3.8, 4) is 23.7 Å². The fraction of sp³-hybridized carbons (Fsp3) is 0.778. The molecule has 0 heterocycles. The highest BCUT2D eigenvalue weighted by Gasteiger charge is 2.09. The zero-order valence-electron chi connectivity index (χ0n) is 12.1. The third-order valence-electron chi connectivity index (χ3n) is 3.69. The van der Waals surface area contributed by atoms with Gasteiger partial charge in [0.25, 0.3) is 0 Å². The van der Waals surface area contributed by atoms with Gasteiger partial charge in [-0.05, 0) is 31.1 Å². The molecular formula is C18H28. The molecule has 0 amide bonds. The van der Waals surface area contributed by atoms with Gasteiger partial charge in [0.2, 0.25) is 0 Å². The van der Waals surface area contributed by atoms with E-state index in [1.807, 2.05) is 0 Å². The van der Waals surface area contributed by atoms with E-state index in [4.69, 9.17) is 0 Å². The van der Waals surface area contributed by atoms with Crippen molar-refractivity contribution in [2.75, 3.05) is 0 Å². The van der Waals surface area contributed by atoms with Crippen molar-refractivity contribution >= 4 is 0 Å². The first-order valence-corrected chi connectivity index (χ1v) is 7.92. The van der Waals surface area contributed by atoms with Crippen LogP contribution in [0.25, 0.3) is 0 Å². The van der Waals surface area contributed by atoms with E-state index in [9.17, 15) is 0 Å². The van der Waals surface area contributed by atoms with E-state index < -0.39 is 0 Å². The summed E-state index contributed by atoms with van der Waals surface area (Å²) in [6, 6.07) is 0. The van der Waals surface area contributed by atoms with E-state index >= 15 is 0 Å². The van der Waals surface area contributed by atoms with Gasteiger partial charge in [-0.15, -0.1) is 0 Å². The van der Waals surface area contributed by atoms with Crippen LogP contribution in [0.4, 0.5) is 0 Å². The quantitative estimate of drug-likeness (QED) is 0.438. The molecule has 0 aromatic heterocycles. The summed E-state index contributed by atoms with van der Waals surface area (Å²) in [6.45, 7) is 2.26. The summed E-state index contributed by atoms with van der Waals surface area (Å²) in [5.74, 6) is 13.2. The van der Waals surface area contributed by atoms with Crippen LogP contribution in [0.5, 0.6) is 0 Å². The summed E-state index contributed by atoms with van der Waals surface area (Å²) in [7, 11) is 0. The molecule has 100 valence electrons. The zero-order chi connectivity index (χ0) is 12.9. The maximum atomic E-state index is 3.32. The van der Waals surface area contributed by atoms with Crippen molar-refractivity contribution < 1.29 is 0 Å². The van der Waals surface area contributed by atoms with Crippen LogP contribution in [0.3, 0.4) is 0 Å². The third kappa shape index (κ3) is 8.25. The molecule has 1 saturated carbocycles. The van der Waals surface area contributed by atoms with Gasteiger partial charge in [-0.25, -0.2) is 0 Å². The Morgan fingerprint density at radius 1 is 0.833 bits per heavy atom. The maximum Gasteiger partial charge on any atom is 0.0213 e. The zero-order valence-corrected chi connectivity index (χ0v) is 12.1. The number of unbranched alkanes of at least 4 members (excludes halogenated alkanes) is 6. The second-order valence-corrected chi connectivity index (χ2v) is 5.42. The largest absolute Gasteiger partial charge is 0.0891 e. The lowest BCUT2D eigenvalue weighted by Crippen LogP contribution is -2.02. The molecule has 18 heavy (non-hydrogen) atoms. The summed E-state index contributed by atoms with van der Waals surface area (Å²) >= 11 is 0. The number of hydrogen-bond donors (Lipinski definition) is 0.